The zero-order chi connectivity index (χ0) is 15.1. The molecule has 112 valence electrons. The van der Waals surface area contributed by atoms with E-state index in [4.69, 9.17) is 4.74 Å². The van der Waals surface area contributed by atoms with Gasteiger partial charge in [0.1, 0.15) is 0 Å². The summed E-state index contributed by atoms with van der Waals surface area (Å²) in [7, 11) is 1.77. The molecule has 0 atom stereocenters. The molecule has 0 aliphatic carbocycles. The van der Waals surface area contributed by atoms with E-state index in [2.05, 4.69) is 44.6 Å². The van der Waals surface area contributed by atoms with Crippen molar-refractivity contribution < 1.29 is 4.74 Å². The fourth-order valence-corrected chi connectivity index (χ4v) is 1.79. The van der Waals surface area contributed by atoms with Gasteiger partial charge in [0.05, 0.1) is 6.61 Å². The van der Waals surface area contributed by atoms with E-state index in [0.717, 1.165) is 6.42 Å². The summed E-state index contributed by atoms with van der Waals surface area (Å²) in [4.78, 5) is 12.7. The van der Waals surface area contributed by atoms with Crippen LogP contribution in [0.5, 0.6) is 6.01 Å². The molecule has 0 aliphatic rings. The summed E-state index contributed by atoms with van der Waals surface area (Å²) >= 11 is 0. The molecule has 1 aromatic carbocycles. The van der Waals surface area contributed by atoms with Crippen LogP contribution in [-0.2, 0) is 6.54 Å². The third-order valence-corrected chi connectivity index (χ3v) is 2.97. The lowest BCUT2D eigenvalue weighted by Gasteiger charge is -2.10. The Kier molecular flexibility index (Phi) is 5.31. The van der Waals surface area contributed by atoms with Crippen molar-refractivity contribution in [3.8, 4) is 6.01 Å². The topological polar surface area (TPSA) is 72.0 Å². The smallest absolute Gasteiger partial charge is 0.323 e. The van der Waals surface area contributed by atoms with Gasteiger partial charge in [0.15, 0.2) is 0 Å². The van der Waals surface area contributed by atoms with Gasteiger partial charge in [0.25, 0.3) is 0 Å². The molecule has 2 aromatic rings. The quantitative estimate of drug-likeness (QED) is 0.815. The van der Waals surface area contributed by atoms with Crippen LogP contribution in [0.2, 0.25) is 0 Å². The van der Waals surface area contributed by atoms with E-state index in [1.54, 1.807) is 7.05 Å². The summed E-state index contributed by atoms with van der Waals surface area (Å²) in [5, 5.41) is 6.12. The minimum Gasteiger partial charge on any atom is -0.463 e. The number of aromatic nitrogens is 3. The lowest BCUT2D eigenvalue weighted by molar-refractivity contribution is 0.292. The molecule has 2 rings (SSSR count). The fraction of sp³-hybridized carbons (Fsp3) is 0.400. The molecule has 0 radical (unpaired) electrons. The van der Waals surface area contributed by atoms with E-state index in [1.165, 1.54) is 11.1 Å². The van der Waals surface area contributed by atoms with Crippen LogP contribution in [0.4, 0.5) is 11.9 Å². The first-order chi connectivity index (χ1) is 10.2. The highest BCUT2D eigenvalue weighted by atomic mass is 16.5. The van der Waals surface area contributed by atoms with Crippen LogP contribution >= 0.6 is 0 Å². The Labute approximate surface area is 125 Å². The minimum absolute atomic E-state index is 0.337. The molecule has 6 heteroatoms. The zero-order valence-electron chi connectivity index (χ0n) is 12.7. The summed E-state index contributed by atoms with van der Waals surface area (Å²) in [6.45, 7) is 5.37. The molecule has 0 saturated carbocycles. The molecular weight excluding hydrogens is 266 g/mol. The van der Waals surface area contributed by atoms with Crippen molar-refractivity contribution in [2.45, 2.75) is 26.8 Å². The van der Waals surface area contributed by atoms with Crippen LogP contribution in [0, 0.1) is 6.92 Å². The van der Waals surface area contributed by atoms with E-state index in [1.807, 2.05) is 19.1 Å². The fourth-order valence-electron chi connectivity index (χ4n) is 1.79. The van der Waals surface area contributed by atoms with Gasteiger partial charge in [-0.1, -0.05) is 31.2 Å². The second-order valence-corrected chi connectivity index (χ2v) is 4.64. The Morgan fingerprint density at radius 3 is 2.57 bits per heavy atom. The third-order valence-electron chi connectivity index (χ3n) is 2.97. The average Bonchev–Trinajstić information content (AvgIpc) is 2.52. The Bertz CT molecular complexity index is 588. The maximum atomic E-state index is 5.47. The second-order valence-electron chi connectivity index (χ2n) is 4.64. The maximum Gasteiger partial charge on any atom is 0.323 e. The van der Waals surface area contributed by atoms with Crippen molar-refractivity contribution in [1.82, 2.24) is 15.0 Å². The number of ether oxygens (including phenoxy) is 1. The lowest BCUT2D eigenvalue weighted by atomic mass is 10.1. The number of nitrogens with one attached hydrogen (secondary N) is 2. The van der Waals surface area contributed by atoms with Crippen molar-refractivity contribution in [3.63, 3.8) is 0 Å². The van der Waals surface area contributed by atoms with Crippen LogP contribution in [-0.4, -0.2) is 28.6 Å². The summed E-state index contributed by atoms with van der Waals surface area (Å²) in [6, 6.07) is 8.54. The van der Waals surface area contributed by atoms with E-state index >= 15 is 0 Å². The van der Waals surface area contributed by atoms with Gasteiger partial charge in [0.2, 0.25) is 11.9 Å². The average molecular weight is 287 g/mol. The molecular formula is C15H21N5O. The molecule has 0 saturated heterocycles. The van der Waals surface area contributed by atoms with E-state index < -0.39 is 0 Å². The third kappa shape index (κ3) is 4.30. The van der Waals surface area contributed by atoms with Crippen LogP contribution in [0.25, 0.3) is 0 Å². The van der Waals surface area contributed by atoms with Crippen molar-refractivity contribution in [2.24, 2.45) is 0 Å². The Morgan fingerprint density at radius 2 is 1.86 bits per heavy atom. The van der Waals surface area contributed by atoms with Gasteiger partial charge in [-0.3, -0.25) is 0 Å². The van der Waals surface area contributed by atoms with E-state index in [-0.39, 0.29) is 0 Å². The van der Waals surface area contributed by atoms with E-state index in [9.17, 15) is 0 Å². The number of hydrogen-bond acceptors (Lipinski definition) is 6. The molecule has 0 bridgehead atoms. The molecule has 1 heterocycles. The number of hydrogen-bond donors (Lipinski definition) is 2. The van der Waals surface area contributed by atoms with Crippen molar-refractivity contribution in [1.29, 1.82) is 0 Å². The highest BCUT2D eigenvalue weighted by Gasteiger charge is 2.07. The van der Waals surface area contributed by atoms with Crippen LogP contribution in [0.3, 0.4) is 0 Å². The molecule has 21 heavy (non-hydrogen) atoms. The highest BCUT2D eigenvalue weighted by molar-refractivity contribution is 5.37. The van der Waals surface area contributed by atoms with Gasteiger partial charge in [-0.15, -0.1) is 0 Å². The first-order valence-electron chi connectivity index (χ1n) is 7.08. The Morgan fingerprint density at radius 1 is 1.10 bits per heavy atom. The predicted octanol–water partition coefficient (Wildman–Crippen LogP) is 2.62. The first kappa shape index (κ1) is 15.0. The molecule has 0 fully saturated rings. The van der Waals surface area contributed by atoms with Gasteiger partial charge in [-0.25, -0.2) is 0 Å². The van der Waals surface area contributed by atoms with Crippen molar-refractivity contribution in [3.05, 3.63) is 35.4 Å². The molecule has 0 spiro atoms. The Balaban J connectivity index is 2.09. The van der Waals surface area contributed by atoms with Crippen molar-refractivity contribution in [2.75, 3.05) is 24.3 Å². The minimum atomic E-state index is 0.337. The monoisotopic (exact) mass is 287 g/mol. The summed E-state index contributed by atoms with van der Waals surface area (Å²) in [5.74, 6) is 0.993. The largest absolute Gasteiger partial charge is 0.463 e. The van der Waals surface area contributed by atoms with Gasteiger partial charge in [-0.2, -0.15) is 15.0 Å². The number of nitrogens with zero attached hydrogens (tertiary/aromatic N) is 3. The van der Waals surface area contributed by atoms with Crippen molar-refractivity contribution >= 4 is 11.9 Å². The summed E-state index contributed by atoms with van der Waals surface area (Å²) in [6.07, 6.45) is 0.909. The number of aryl methyl sites for hydroxylation is 1. The zero-order valence-corrected chi connectivity index (χ0v) is 12.7. The Hall–Kier alpha value is -2.37. The number of anilines is 2. The standard InChI is InChI=1S/C15H21N5O/c1-4-9-21-15-19-13(16-3)18-14(20-15)17-10-12-8-6-5-7-11(12)2/h5-8H,4,9-10H2,1-3H3,(H2,16,17,18,19,20). The van der Waals surface area contributed by atoms with Crippen LogP contribution in [0.15, 0.2) is 24.3 Å². The maximum absolute atomic E-state index is 5.47. The lowest BCUT2D eigenvalue weighted by Crippen LogP contribution is -2.10. The number of rotatable bonds is 7. The first-order valence-corrected chi connectivity index (χ1v) is 7.08. The molecule has 6 nitrogen and oxygen atoms in total. The van der Waals surface area contributed by atoms with E-state index in [0.29, 0.717) is 31.1 Å². The number of benzene rings is 1. The van der Waals surface area contributed by atoms with Gasteiger partial charge < -0.3 is 15.4 Å². The molecule has 2 N–H and O–H groups in total. The van der Waals surface area contributed by atoms with Gasteiger partial charge in [-0.05, 0) is 24.5 Å². The van der Waals surface area contributed by atoms with Gasteiger partial charge in [0, 0.05) is 13.6 Å². The molecule has 0 unspecified atom stereocenters. The van der Waals surface area contributed by atoms with Gasteiger partial charge >= 0.3 is 6.01 Å². The normalized spacial score (nSPS) is 10.2. The van der Waals surface area contributed by atoms with Crippen LogP contribution < -0.4 is 15.4 Å². The molecule has 0 aliphatic heterocycles. The SMILES string of the molecule is CCCOc1nc(NC)nc(NCc2ccccc2C)n1. The molecule has 1 aromatic heterocycles. The summed E-state index contributed by atoms with van der Waals surface area (Å²) in [5.41, 5.74) is 2.44. The second kappa shape index (κ2) is 7.42. The van der Waals surface area contributed by atoms with Crippen LogP contribution in [0.1, 0.15) is 24.5 Å². The predicted molar refractivity (Wildman–Crippen MR) is 83.7 cm³/mol. The summed E-state index contributed by atoms with van der Waals surface area (Å²) < 4.78 is 5.47. The molecule has 0 amide bonds. The highest BCUT2D eigenvalue weighted by Crippen LogP contribution is 2.13.